The zero-order valence-corrected chi connectivity index (χ0v) is 10.2. The molecule has 1 nitrogen and oxygen atoms in total. The lowest BCUT2D eigenvalue weighted by Gasteiger charge is -2.27. The molecule has 1 saturated carbocycles. The summed E-state index contributed by atoms with van der Waals surface area (Å²) in [6.07, 6.45) is 8.42. The van der Waals surface area contributed by atoms with Crippen molar-refractivity contribution in [3.05, 3.63) is 0 Å². The third kappa shape index (κ3) is 4.99. The second kappa shape index (κ2) is 6.44. The van der Waals surface area contributed by atoms with E-state index in [1.165, 1.54) is 45.1 Å². The van der Waals surface area contributed by atoms with Gasteiger partial charge in [0, 0.05) is 6.04 Å². The van der Waals surface area contributed by atoms with Crippen LogP contribution < -0.4 is 5.32 Å². The summed E-state index contributed by atoms with van der Waals surface area (Å²) in [6.45, 7) is 8.24. The van der Waals surface area contributed by atoms with E-state index < -0.39 is 0 Å². The third-order valence-electron chi connectivity index (χ3n) is 3.33. The highest BCUT2D eigenvalue weighted by Gasteiger charge is 2.17. The van der Waals surface area contributed by atoms with E-state index >= 15 is 0 Å². The first-order valence-electron chi connectivity index (χ1n) is 6.42. The molecule has 14 heavy (non-hydrogen) atoms. The van der Waals surface area contributed by atoms with Crippen molar-refractivity contribution in [2.24, 2.45) is 11.8 Å². The van der Waals surface area contributed by atoms with Gasteiger partial charge in [-0.15, -0.1) is 0 Å². The summed E-state index contributed by atoms with van der Waals surface area (Å²) in [7, 11) is 0. The van der Waals surface area contributed by atoms with E-state index in [2.05, 4.69) is 26.1 Å². The lowest BCUT2D eigenvalue weighted by molar-refractivity contribution is 0.299. The second-order valence-electron chi connectivity index (χ2n) is 5.46. The van der Waals surface area contributed by atoms with Crippen LogP contribution in [-0.2, 0) is 0 Å². The highest BCUT2D eigenvalue weighted by Crippen LogP contribution is 2.23. The fourth-order valence-electron chi connectivity index (χ4n) is 2.44. The number of nitrogens with one attached hydrogen (secondary N) is 1. The van der Waals surface area contributed by atoms with Gasteiger partial charge in [-0.25, -0.2) is 0 Å². The van der Waals surface area contributed by atoms with Gasteiger partial charge in [0.25, 0.3) is 0 Å². The standard InChI is InChI=1S/C13H27N/c1-11(2)6-5-9-14-13-8-4-7-12(3)10-13/h11-14H,4-10H2,1-3H3. The van der Waals surface area contributed by atoms with Gasteiger partial charge in [-0.1, -0.05) is 33.6 Å². The summed E-state index contributed by atoms with van der Waals surface area (Å²) in [6, 6.07) is 0.825. The first-order valence-corrected chi connectivity index (χ1v) is 6.42. The molecule has 2 unspecified atom stereocenters. The molecule has 0 amide bonds. The van der Waals surface area contributed by atoms with Crippen LogP contribution >= 0.6 is 0 Å². The van der Waals surface area contributed by atoms with Crippen molar-refractivity contribution in [2.45, 2.75) is 65.3 Å². The van der Waals surface area contributed by atoms with E-state index in [1.54, 1.807) is 0 Å². The molecular weight excluding hydrogens is 170 g/mol. The van der Waals surface area contributed by atoms with Crippen LogP contribution in [0.1, 0.15) is 59.3 Å². The normalized spacial score (nSPS) is 28.3. The summed E-state index contributed by atoms with van der Waals surface area (Å²) in [5.74, 6) is 1.81. The van der Waals surface area contributed by atoms with Crippen molar-refractivity contribution in [1.82, 2.24) is 5.32 Å². The Balaban J connectivity index is 2.00. The highest BCUT2D eigenvalue weighted by atomic mass is 14.9. The molecule has 0 aromatic carbocycles. The molecule has 1 aliphatic carbocycles. The Bertz CT molecular complexity index is 142. The maximum Gasteiger partial charge on any atom is 0.00696 e. The number of hydrogen-bond donors (Lipinski definition) is 1. The number of rotatable bonds is 5. The van der Waals surface area contributed by atoms with Crippen LogP contribution in [0.2, 0.25) is 0 Å². The van der Waals surface area contributed by atoms with Gasteiger partial charge in [-0.2, -0.15) is 0 Å². The summed E-state index contributed by atoms with van der Waals surface area (Å²) in [5.41, 5.74) is 0. The first-order chi connectivity index (χ1) is 6.68. The molecule has 0 bridgehead atoms. The molecule has 1 fully saturated rings. The number of hydrogen-bond acceptors (Lipinski definition) is 1. The Kier molecular flexibility index (Phi) is 5.54. The van der Waals surface area contributed by atoms with Gasteiger partial charge in [0.1, 0.15) is 0 Å². The Labute approximate surface area is 89.7 Å². The first kappa shape index (κ1) is 12.0. The summed E-state index contributed by atoms with van der Waals surface area (Å²) in [4.78, 5) is 0. The molecule has 0 radical (unpaired) electrons. The molecule has 1 rings (SSSR count). The van der Waals surface area contributed by atoms with Gasteiger partial charge in [-0.3, -0.25) is 0 Å². The van der Waals surface area contributed by atoms with Gasteiger partial charge in [0.2, 0.25) is 0 Å². The Hall–Kier alpha value is -0.0400. The van der Waals surface area contributed by atoms with E-state index in [1.807, 2.05) is 0 Å². The molecular formula is C13H27N. The molecule has 0 saturated heterocycles. The molecule has 0 aromatic rings. The van der Waals surface area contributed by atoms with Crippen molar-refractivity contribution >= 4 is 0 Å². The lowest BCUT2D eigenvalue weighted by atomic mass is 9.87. The van der Waals surface area contributed by atoms with Crippen molar-refractivity contribution in [2.75, 3.05) is 6.54 Å². The SMILES string of the molecule is CC(C)CCCNC1CCCC(C)C1. The topological polar surface area (TPSA) is 12.0 Å². The van der Waals surface area contributed by atoms with Crippen LogP contribution in [-0.4, -0.2) is 12.6 Å². The predicted molar refractivity (Wildman–Crippen MR) is 63.5 cm³/mol. The van der Waals surface area contributed by atoms with Crippen molar-refractivity contribution in [3.63, 3.8) is 0 Å². The molecule has 0 spiro atoms. The van der Waals surface area contributed by atoms with Crippen LogP contribution in [0.15, 0.2) is 0 Å². The quantitative estimate of drug-likeness (QED) is 0.664. The van der Waals surface area contributed by atoms with Crippen LogP contribution in [0.3, 0.4) is 0 Å². The molecule has 0 aromatic heterocycles. The maximum absolute atomic E-state index is 3.71. The maximum atomic E-state index is 3.71. The predicted octanol–water partition coefficient (Wildman–Crippen LogP) is 3.59. The minimum Gasteiger partial charge on any atom is -0.314 e. The minimum atomic E-state index is 0.825. The van der Waals surface area contributed by atoms with Gasteiger partial charge >= 0.3 is 0 Å². The second-order valence-corrected chi connectivity index (χ2v) is 5.46. The largest absolute Gasteiger partial charge is 0.314 e. The zero-order valence-electron chi connectivity index (χ0n) is 10.2. The van der Waals surface area contributed by atoms with E-state index in [0.29, 0.717) is 0 Å². The van der Waals surface area contributed by atoms with Crippen LogP contribution in [0, 0.1) is 11.8 Å². The molecule has 1 N–H and O–H groups in total. The van der Waals surface area contributed by atoms with Gasteiger partial charge in [-0.05, 0) is 44.1 Å². The smallest absolute Gasteiger partial charge is 0.00696 e. The Morgan fingerprint density at radius 2 is 2.07 bits per heavy atom. The molecule has 1 aliphatic rings. The van der Waals surface area contributed by atoms with Gasteiger partial charge in [0.15, 0.2) is 0 Å². The Morgan fingerprint density at radius 1 is 1.29 bits per heavy atom. The Morgan fingerprint density at radius 3 is 2.71 bits per heavy atom. The van der Waals surface area contributed by atoms with Gasteiger partial charge < -0.3 is 5.32 Å². The molecule has 0 aliphatic heterocycles. The van der Waals surface area contributed by atoms with Crippen LogP contribution in [0.4, 0.5) is 0 Å². The molecule has 84 valence electrons. The third-order valence-corrected chi connectivity index (χ3v) is 3.33. The average molecular weight is 197 g/mol. The van der Waals surface area contributed by atoms with Gasteiger partial charge in [0.05, 0.1) is 0 Å². The molecule has 1 heteroatoms. The lowest BCUT2D eigenvalue weighted by Crippen LogP contribution is -2.34. The average Bonchev–Trinajstić information content (AvgIpc) is 2.12. The summed E-state index contributed by atoms with van der Waals surface area (Å²) < 4.78 is 0. The fourth-order valence-corrected chi connectivity index (χ4v) is 2.44. The monoisotopic (exact) mass is 197 g/mol. The van der Waals surface area contributed by atoms with Crippen molar-refractivity contribution < 1.29 is 0 Å². The van der Waals surface area contributed by atoms with Crippen LogP contribution in [0.25, 0.3) is 0 Å². The summed E-state index contributed by atoms with van der Waals surface area (Å²) in [5, 5.41) is 3.71. The van der Waals surface area contributed by atoms with Crippen molar-refractivity contribution in [3.8, 4) is 0 Å². The zero-order chi connectivity index (χ0) is 10.4. The van der Waals surface area contributed by atoms with E-state index in [4.69, 9.17) is 0 Å². The van der Waals surface area contributed by atoms with Crippen molar-refractivity contribution in [1.29, 1.82) is 0 Å². The minimum absolute atomic E-state index is 0.825. The van der Waals surface area contributed by atoms with Crippen LogP contribution in [0.5, 0.6) is 0 Å². The highest BCUT2D eigenvalue weighted by molar-refractivity contribution is 4.75. The molecule has 0 heterocycles. The summed E-state index contributed by atoms with van der Waals surface area (Å²) >= 11 is 0. The van der Waals surface area contributed by atoms with E-state index in [-0.39, 0.29) is 0 Å². The molecule has 2 atom stereocenters. The van der Waals surface area contributed by atoms with E-state index in [0.717, 1.165) is 17.9 Å². The van der Waals surface area contributed by atoms with E-state index in [9.17, 15) is 0 Å². The fraction of sp³-hybridized carbons (Fsp3) is 1.00.